The van der Waals surface area contributed by atoms with E-state index < -0.39 is 0 Å². The van der Waals surface area contributed by atoms with Crippen molar-refractivity contribution in [1.82, 2.24) is 0 Å². The molecule has 2 heteroatoms. The zero-order valence-corrected chi connectivity index (χ0v) is 8.71. The highest BCUT2D eigenvalue weighted by Crippen LogP contribution is 2.12. The summed E-state index contributed by atoms with van der Waals surface area (Å²) in [5.41, 5.74) is 1.21. The predicted molar refractivity (Wildman–Crippen MR) is 53.6 cm³/mol. The first-order valence-corrected chi connectivity index (χ1v) is 5.15. The minimum absolute atomic E-state index is 0.273. The van der Waals surface area contributed by atoms with Crippen LogP contribution in [0, 0.1) is 0 Å². The zero-order valence-electron chi connectivity index (χ0n) is 8.71. The Hall–Kier alpha value is -0.500. The highest BCUT2D eigenvalue weighted by Gasteiger charge is 2.10. The second kappa shape index (κ2) is 6.03. The fourth-order valence-electron chi connectivity index (χ4n) is 1.39. The van der Waals surface area contributed by atoms with Gasteiger partial charge < -0.3 is 9.47 Å². The lowest BCUT2D eigenvalue weighted by Gasteiger charge is -2.19. The molecule has 76 valence electrons. The summed E-state index contributed by atoms with van der Waals surface area (Å²) >= 11 is 0. The molecule has 0 N–H and O–H groups in total. The third kappa shape index (κ3) is 4.94. The molecular formula is C11H20O2. The molecule has 0 amide bonds. The van der Waals surface area contributed by atoms with Gasteiger partial charge in [-0.2, -0.15) is 0 Å². The molecule has 13 heavy (non-hydrogen) atoms. The highest BCUT2D eigenvalue weighted by molar-refractivity contribution is 4.87. The number of hydrogen-bond acceptors (Lipinski definition) is 2. The lowest BCUT2D eigenvalue weighted by Crippen LogP contribution is -2.20. The van der Waals surface area contributed by atoms with Gasteiger partial charge in [-0.25, -0.2) is 0 Å². The molecule has 0 aromatic carbocycles. The van der Waals surface area contributed by atoms with Crippen LogP contribution in [0.3, 0.4) is 0 Å². The lowest BCUT2D eigenvalue weighted by molar-refractivity contribution is 0.0107. The van der Waals surface area contributed by atoms with E-state index in [9.17, 15) is 0 Å². The van der Waals surface area contributed by atoms with Crippen LogP contribution in [-0.2, 0) is 9.47 Å². The van der Waals surface area contributed by atoms with E-state index in [2.05, 4.69) is 0 Å². The molecular weight excluding hydrogens is 164 g/mol. The van der Waals surface area contributed by atoms with Crippen molar-refractivity contribution in [2.24, 2.45) is 0 Å². The average molecular weight is 184 g/mol. The van der Waals surface area contributed by atoms with Gasteiger partial charge in [-0.15, -0.1) is 0 Å². The molecule has 0 aromatic heterocycles. The molecule has 1 unspecified atom stereocenters. The van der Waals surface area contributed by atoms with Gasteiger partial charge in [0.05, 0.1) is 12.9 Å². The Kier molecular flexibility index (Phi) is 4.91. The second-order valence-electron chi connectivity index (χ2n) is 3.88. The Morgan fingerprint density at radius 2 is 2.15 bits per heavy atom. The van der Waals surface area contributed by atoms with Gasteiger partial charge >= 0.3 is 0 Å². The Morgan fingerprint density at radius 1 is 1.31 bits per heavy atom. The average Bonchev–Trinajstić information content (AvgIpc) is 2.01. The molecule has 2 nitrogen and oxygen atoms in total. The van der Waals surface area contributed by atoms with Crippen LogP contribution in [0.1, 0.15) is 39.5 Å². The van der Waals surface area contributed by atoms with E-state index in [1.54, 1.807) is 0 Å². The molecule has 0 spiro atoms. The second-order valence-corrected chi connectivity index (χ2v) is 3.88. The molecule has 1 fully saturated rings. The Morgan fingerprint density at radius 3 is 2.92 bits per heavy atom. The Bertz CT molecular complexity index is 151. The summed E-state index contributed by atoms with van der Waals surface area (Å²) in [6, 6.07) is 0. The molecule has 1 heterocycles. The topological polar surface area (TPSA) is 18.5 Å². The molecule has 1 rings (SSSR count). The summed E-state index contributed by atoms with van der Waals surface area (Å²) in [6.07, 6.45) is 6.99. The van der Waals surface area contributed by atoms with E-state index in [-0.39, 0.29) is 6.10 Å². The van der Waals surface area contributed by atoms with Crippen LogP contribution in [0.2, 0.25) is 0 Å². The van der Waals surface area contributed by atoms with Crippen molar-refractivity contribution in [2.75, 3.05) is 13.2 Å². The lowest BCUT2D eigenvalue weighted by atomic mass is 10.1. The van der Waals surface area contributed by atoms with Crippen LogP contribution in [0.5, 0.6) is 0 Å². The van der Waals surface area contributed by atoms with Gasteiger partial charge in [0.25, 0.3) is 0 Å². The number of allylic oxidation sites excluding steroid dienone is 1. The number of hydrogen-bond donors (Lipinski definition) is 0. The van der Waals surface area contributed by atoms with Gasteiger partial charge in [-0.05, 0) is 38.7 Å². The van der Waals surface area contributed by atoms with E-state index in [1.807, 2.05) is 20.1 Å². The van der Waals surface area contributed by atoms with Crippen molar-refractivity contribution in [1.29, 1.82) is 0 Å². The third-order valence-electron chi connectivity index (χ3n) is 2.11. The molecule has 0 radical (unpaired) electrons. The molecule has 0 aromatic rings. The van der Waals surface area contributed by atoms with Gasteiger partial charge in [-0.1, -0.05) is 6.42 Å². The SMILES string of the molecule is CC(C)=COC1CCCCCOC1. The summed E-state index contributed by atoms with van der Waals surface area (Å²) in [5, 5.41) is 0. The summed E-state index contributed by atoms with van der Waals surface area (Å²) in [7, 11) is 0. The first kappa shape index (κ1) is 10.6. The molecule has 0 saturated carbocycles. The molecule has 1 aliphatic rings. The van der Waals surface area contributed by atoms with E-state index in [0.717, 1.165) is 19.6 Å². The summed E-state index contributed by atoms with van der Waals surface area (Å²) in [5.74, 6) is 0. The maximum absolute atomic E-state index is 5.59. The van der Waals surface area contributed by atoms with Gasteiger partial charge in [0.1, 0.15) is 6.10 Å². The van der Waals surface area contributed by atoms with Gasteiger partial charge in [-0.3, -0.25) is 0 Å². The quantitative estimate of drug-likeness (QED) is 0.614. The predicted octanol–water partition coefficient (Wildman–Crippen LogP) is 2.89. The first-order chi connectivity index (χ1) is 6.29. The largest absolute Gasteiger partial charge is 0.496 e. The zero-order chi connectivity index (χ0) is 9.52. The normalized spacial score (nSPS) is 24.3. The van der Waals surface area contributed by atoms with E-state index in [4.69, 9.17) is 9.47 Å². The Balaban J connectivity index is 2.25. The van der Waals surface area contributed by atoms with Crippen LogP contribution in [0.4, 0.5) is 0 Å². The van der Waals surface area contributed by atoms with Crippen LogP contribution in [-0.4, -0.2) is 19.3 Å². The maximum Gasteiger partial charge on any atom is 0.121 e. The molecule has 1 aliphatic heterocycles. The maximum atomic E-state index is 5.59. The fourth-order valence-corrected chi connectivity index (χ4v) is 1.39. The molecule has 0 bridgehead atoms. The fraction of sp³-hybridized carbons (Fsp3) is 0.818. The number of ether oxygens (including phenoxy) is 2. The van der Waals surface area contributed by atoms with Crippen molar-refractivity contribution >= 4 is 0 Å². The van der Waals surface area contributed by atoms with Gasteiger partial charge in [0, 0.05) is 6.61 Å². The van der Waals surface area contributed by atoms with Crippen LogP contribution in [0.25, 0.3) is 0 Å². The summed E-state index contributed by atoms with van der Waals surface area (Å²) < 4.78 is 11.1. The van der Waals surface area contributed by atoms with E-state index in [1.165, 1.54) is 24.8 Å². The highest BCUT2D eigenvalue weighted by atomic mass is 16.5. The van der Waals surface area contributed by atoms with Crippen molar-refractivity contribution in [3.8, 4) is 0 Å². The van der Waals surface area contributed by atoms with Crippen molar-refractivity contribution < 1.29 is 9.47 Å². The molecule has 1 atom stereocenters. The molecule has 1 saturated heterocycles. The van der Waals surface area contributed by atoms with Crippen LogP contribution in [0.15, 0.2) is 11.8 Å². The standard InChI is InChI=1S/C11H20O2/c1-10(2)8-13-11-6-4-3-5-7-12-9-11/h8,11H,3-7,9H2,1-2H3. The first-order valence-electron chi connectivity index (χ1n) is 5.15. The van der Waals surface area contributed by atoms with Crippen molar-refractivity contribution in [3.05, 3.63) is 11.8 Å². The minimum atomic E-state index is 0.273. The minimum Gasteiger partial charge on any atom is -0.496 e. The number of rotatable bonds is 2. The smallest absolute Gasteiger partial charge is 0.121 e. The van der Waals surface area contributed by atoms with Crippen molar-refractivity contribution in [2.45, 2.75) is 45.6 Å². The van der Waals surface area contributed by atoms with E-state index >= 15 is 0 Å². The van der Waals surface area contributed by atoms with E-state index in [0.29, 0.717) is 0 Å². The Labute approximate surface area is 80.9 Å². The molecule has 0 aliphatic carbocycles. The van der Waals surface area contributed by atoms with Gasteiger partial charge in [0.2, 0.25) is 0 Å². The van der Waals surface area contributed by atoms with Crippen molar-refractivity contribution in [3.63, 3.8) is 0 Å². The van der Waals surface area contributed by atoms with Crippen LogP contribution >= 0.6 is 0 Å². The third-order valence-corrected chi connectivity index (χ3v) is 2.11. The van der Waals surface area contributed by atoms with Gasteiger partial charge in [0.15, 0.2) is 0 Å². The van der Waals surface area contributed by atoms with Crippen LogP contribution < -0.4 is 0 Å². The summed E-state index contributed by atoms with van der Waals surface area (Å²) in [6.45, 7) is 5.74. The summed E-state index contributed by atoms with van der Waals surface area (Å²) in [4.78, 5) is 0. The monoisotopic (exact) mass is 184 g/mol.